The Kier molecular flexibility index (Phi) is 3.88. The Labute approximate surface area is 102 Å². The standard InChI is InChI=1S/C13H18N4/c1-3-17-10-14-8-12(17)9-16-11(2)13-6-4-5-7-15-13/h4-8,10-11,16H,3,9H2,1-2H3/t11-/m0/s1. The summed E-state index contributed by atoms with van der Waals surface area (Å²) in [6.45, 7) is 6.00. The Balaban J connectivity index is 1.95. The van der Waals surface area contributed by atoms with E-state index in [0.29, 0.717) is 0 Å². The van der Waals surface area contributed by atoms with Crippen molar-refractivity contribution in [3.63, 3.8) is 0 Å². The van der Waals surface area contributed by atoms with Crippen LogP contribution in [-0.4, -0.2) is 14.5 Å². The summed E-state index contributed by atoms with van der Waals surface area (Å²) in [6, 6.07) is 6.23. The molecule has 1 atom stereocenters. The lowest BCUT2D eigenvalue weighted by Crippen LogP contribution is -2.20. The lowest BCUT2D eigenvalue weighted by Gasteiger charge is -2.13. The van der Waals surface area contributed by atoms with Gasteiger partial charge in [0.05, 0.1) is 17.7 Å². The minimum Gasteiger partial charge on any atom is -0.334 e. The molecule has 2 rings (SSSR count). The van der Waals surface area contributed by atoms with Gasteiger partial charge in [-0.25, -0.2) is 4.98 Å². The number of nitrogens with one attached hydrogen (secondary N) is 1. The summed E-state index contributed by atoms with van der Waals surface area (Å²) in [5.74, 6) is 0. The predicted molar refractivity (Wildman–Crippen MR) is 67.4 cm³/mol. The Bertz CT molecular complexity index is 449. The quantitative estimate of drug-likeness (QED) is 0.855. The van der Waals surface area contributed by atoms with Crippen molar-refractivity contribution in [2.45, 2.75) is 33.0 Å². The van der Waals surface area contributed by atoms with Crippen LogP contribution in [0.4, 0.5) is 0 Å². The van der Waals surface area contributed by atoms with Crippen molar-refractivity contribution in [1.82, 2.24) is 19.9 Å². The Hall–Kier alpha value is -1.68. The number of imidazole rings is 1. The number of pyridine rings is 1. The van der Waals surface area contributed by atoms with E-state index >= 15 is 0 Å². The van der Waals surface area contributed by atoms with Gasteiger partial charge in [0.25, 0.3) is 0 Å². The maximum atomic E-state index is 4.34. The summed E-state index contributed by atoms with van der Waals surface area (Å²) < 4.78 is 2.14. The molecule has 2 heterocycles. The molecule has 0 amide bonds. The highest BCUT2D eigenvalue weighted by Gasteiger charge is 2.07. The van der Waals surface area contributed by atoms with Crippen LogP contribution in [0.1, 0.15) is 31.3 Å². The zero-order chi connectivity index (χ0) is 12.1. The first kappa shape index (κ1) is 11.8. The fourth-order valence-electron chi connectivity index (χ4n) is 1.77. The third-order valence-corrected chi connectivity index (χ3v) is 2.86. The van der Waals surface area contributed by atoms with Gasteiger partial charge in [-0.05, 0) is 26.0 Å². The fourth-order valence-corrected chi connectivity index (χ4v) is 1.77. The maximum Gasteiger partial charge on any atom is 0.0948 e. The van der Waals surface area contributed by atoms with Crippen molar-refractivity contribution >= 4 is 0 Å². The van der Waals surface area contributed by atoms with Crippen molar-refractivity contribution in [1.29, 1.82) is 0 Å². The first-order chi connectivity index (χ1) is 8.31. The molecule has 1 N–H and O–H groups in total. The molecule has 0 spiro atoms. The van der Waals surface area contributed by atoms with E-state index < -0.39 is 0 Å². The highest BCUT2D eigenvalue weighted by atomic mass is 15.1. The normalized spacial score (nSPS) is 12.6. The number of rotatable bonds is 5. The summed E-state index contributed by atoms with van der Waals surface area (Å²) in [5.41, 5.74) is 2.27. The second-order valence-corrected chi connectivity index (χ2v) is 4.03. The van der Waals surface area contributed by atoms with Crippen molar-refractivity contribution in [3.05, 3.63) is 48.3 Å². The van der Waals surface area contributed by atoms with E-state index in [4.69, 9.17) is 0 Å². The van der Waals surface area contributed by atoms with Gasteiger partial charge in [0.2, 0.25) is 0 Å². The molecule has 0 unspecified atom stereocenters. The van der Waals surface area contributed by atoms with Crippen molar-refractivity contribution in [3.8, 4) is 0 Å². The minimum absolute atomic E-state index is 0.247. The summed E-state index contributed by atoms with van der Waals surface area (Å²) in [6.07, 6.45) is 5.59. The highest BCUT2D eigenvalue weighted by molar-refractivity contribution is 5.08. The summed E-state index contributed by atoms with van der Waals surface area (Å²) in [5, 5.41) is 3.45. The molecule has 17 heavy (non-hydrogen) atoms. The summed E-state index contributed by atoms with van der Waals surface area (Å²) >= 11 is 0. The average Bonchev–Trinajstić information content (AvgIpc) is 2.84. The van der Waals surface area contributed by atoms with Gasteiger partial charge in [-0.3, -0.25) is 4.98 Å². The van der Waals surface area contributed by atoms with Crippen LogP contribution in [0.15, 0.2) is 36.9 Å². The van der Waals surface area contributed by atoms with Crippen LogP contribution < -0.4 is 5.32 Å². The van der Waals surface area contributed by atoms with Crippen molar-refractivity contribution in [2.24, 2.45) is 0 Å². The number of hydrogen-bond donors (Lipinski definition) is 1. The van der Waals surface area contributed by atoms with Gasteiger partial charge in [-0.2, -0.15) is 0 Å². The largest absolute Gasteiger partial charge is 0.334 e. The molecule has 0 bridgehead atoms. The maximum absolute atomic E-state index is 4.34. The molecule has 90 valence electrons. The van der Waals surface area contributed by atoms with Crippen LogP contribution in [0.3, 0.4) is 0 Å². The average molecular weight is 230 g/mol. The van der Waals surface area contributed by atoms with Crippen LogP contribution in [0.25, 0.3) is 0 Å². The molecule has 2 aromatic rings. The smallest absolute Gasteiger partial charge is 0.0948 e. The lowest BCUT2D eigenvalue weighted by molar-refractivity contribution is 0.539. The molecule has 0 aliphatic heterocycles. The van der Waals surface area contributed by atoms with Gasteiger partial charge >= 0.3 is 0 Å². The summed E-state index contributed by atoms with van der Waals surface area (Å²) in [7, 11) is 0. The van der Waals surface area contributed by atoms with Crippen LogP contribution in [0.2, 0.25) is 0 Å². The van der Waals surface area contributed by atoms with Crippen molar-refractivity contribution < 1.29 is 0 Å². The molecule has 0 aromatic carbocycles. The summed E-state index contributed by atoms with van der Waals surface area (Å²) in [4.78, 5) is 8.49. The SMILES string of the molecule is CCn1cncc1CN[C@@H](C)c1ccccn1. The zero-order valence-electron chi connectivity index (χ0n) is 10.3. The molecule has 0 saturated carbocycles. The Morgan fingerprint density at radius 2 is 2.29 bits per heavy atom. The van der Waals surface area contributed by atoms with E-state index in [1.165, 1.54) is 5.69 Å². The van der Waals surface area contributed by atoms with Gasteiger partial charge in [0, 0.05) is 31.5 Å². The Morgan fingerprint density at radius 1 is 1.41 bits per heavy atom. The highest BCUT2D eigenvalue weighted by Crippen LogP contribution is 2.09. The van der Waals surface area contributed by atoms with E-state index in [2.05, 4.69) is 33.7 Å². The van der Waals surface area contributed by atoms with E-state index in [1.807, 2.05) is 36.9 Å². The molecule has 0 radical (unpaired) electrons. The first-order valence-corrected chi connectivity index (χ1v) is 5.94. The molecule has 0 aliphatic rings. The number of hydrogen-bond acceptors (Lipinski definition) is 3. The third kappa shape index (κ3) is 2.91. The molecule has 0 saturated heterocycles. The molecule has 0 aliphatic carbocycles. The van der Waals surface area contributed by atoms with Crippen LogP contribution in [0.5, 0.6) is 0 Å². The topological polar surface area (TPSA) is 42.7 Å². The van der Waals surface area contributed by atoms with E-state index in [0.717, 1.165) is 18.8 Å². The van der Waals surface area contributed by atoms with Gasteiger partial charge in [-0.1, -0.05) is 6.07 Å². The predicted octanol–water partition coefficient (Wildman–Crippen LogP) is 2.15. The van der Waals surface area contributed by atoms with E-state index in [1.54, 1.807) is 0 Å². The van der Waals surface area contributed by atoms with Crippen molar-refractivity contribution in [2.75, 3.05) is 0 Å². The monoisotopic (exact) mass is 230 g/mol. The Morgan fingerprint density at radius 3 is 3.00 bits per heavy atom. The number of aromatic nitrogens is 3. The van der Waals surface area contributed by atoms with Gasteiger partial charge in [-0.15, -0.1) is 0 Å². The lowest BCUT2D eigenvalue weighted by atomic mass is 10.2. The second-order valence-electron chi connectivity index (χ2n) is 4.03. The number of aryl methyl sites for hydroxylation is 1. The van der Waals surface area contributed by atoms with Gasteiger partial charge in [0.15, 0.2) is 0 Å². The molecule has 4 nitrogen and oxygen atoms in total. The number of nitrogens with zero attached hydrogens (tertiary/aromatic N) is 3. The van der Waals surface area contributed by atoms with Crippen LogP contribution >= 0.6 is 0 Å². The van der Waals surface area contributed by atoms with Crippen LogP contribution in [-0.2, 0) is 13.1 Å². The van der Waals surface area contributed by atoms with E-state index in [-0.39, 0.29) is 6.04 Å². The molecular weight excluding hydrogens is 212 g/mol. The van der Waals surface area contributed by atoms with Gasteiger partial charge < -0.3 is 9.88 Å². The fraction of sp³-hybridized carbons (Fsp3) is 0.385. The molecule has 2 aromatic heterocycles. The first-order valence-electron chi connectivity index (χ1n) is 5.94. The van der Waals surface area contributed by atoms with Gasteiger partial charge in [0.1, 0.15) is 0 Å². The third-order valence-electron chi connectivity index (χ3n) is 2.86. The zero-order valence-corrected chi connectivity index (χ0v) is 10.3. The second kappa shape index (κ2) is 5.59. The molecule has 0 fully saturated rings. The minimum atomic E-state index is 0.247. The molecular formula is C13H18N4. The van der Waals surface area contributed by atoms with Crippen LogP contribution in [0, 0.1) is 0 Å². The van der Waals surface area contributed by atoms with E-state index in [9.17, 15) is 0 Å². The molecule has 4 heteroatoms.